The maximum absolute atomic E-state index is 13.3. The summed E-state index contributed by atoms with van der Waals surface area (Å²) in [5, 5.41) is 17.1. The van der Waals surface area contributed by atoms with Crippen LogP contribution in [0.2, 0.25) is 0 Å². The Morgan fingerprint density at radius 1 is 1.12 bits per heavy atom. The Hall–Kier alpha value is -4.12. The van der Waals surface area contributed by atoms with Gasteiger partial charge in [-0.25, -0.2) is 0 Å². The van der Waals surface area contributed by atoms with Crippen LogP contribution in [0.3, 0.4) is 0 Å². The van der Waals surface area contributed by atoms with E-state index < -0.39 is 34.3 Å². The summed E-state index contributed by atoms with van der Waals surface area (Å²) in [5.41, 5.74) is -2.28. The molecule has 0 radical (unpaired) electrons. The van der Waals surface area contributed by atoms with E-state index in [-0.39, 0.29) is 46.3 Å². The fourth-order valence-electron chi connectivity index (χ4n) is 5.23. The molecule has 0 aliphatic carbocycles. The number of phenols is 1. The minimum absolute atomic E-state index is 0.0103. The molecule has 2 aliphatic heterocycles. The first-order chi connectivity index (χ1) is 19.3. The SMILES string of the molecule is Cc1ccc(C(Nc2c(Nc3cccc(C(=O)N4CC[C@H](C(=O)OC(C)(C)C)C4)c3O)c(=O)c2=O)C2(C)COC2)o1. The van der Waals surface area contributed by atoms with Crippen molar-refractivity contribution in [2.75, 3.05) is 36.9 Å². The number of hydrogen-bond acceptors (Lipinski definition) is 10. The fraction of sp³-hybridized carbons (Fsp3) is 0.467. The fourth-order valence-corrected chi connectivity index (χ4v) is 5.23. The third-order valence-corrected chi connectivity index (χ3v) is 7.55. The Kier molecular flexibility index (Phi) is 7.19. The van der Waals surface area contributed by atoms with Crippen LogP contribution in [0.15, 0.2) is 44.3 Å². The summed E-state index contributed by atoms with van der Waals surface area (Å²) in [4.78, 5) is 52.5. The summed E-state index contributed by atoms with van der Waals surface area (Å²) >= 11 is 0. The number of nitrogens with zero attached hydrogens (tertiary/aromatic N) is 1. The number of likely N-dealkylation sites (tertiary alicyclic amines) is 1. The van der Waals surface area contributed by atoms with Gasteiger partial charge in [0.25, 0.3) is 16.8 Å². The van der Waals surface area contributed by atoms with Crippen molar-refractivity contribution in [3.63, 3.8) is 0 Å². The second-order valence-electron chi connectivity index (χ2n) is 12.2. The number of nitrogens with one attached hydrogen (secondary N) is 2. The van der Waals surface area contributed by atoms with Crippen LogP contribution >= 0.6 is 0 Å². The topological polar surface area (TPSA) is 147 Å². The molecular formula is C30H35N3O8. The highest BCUT2D eigenvalue weighted by Crippen LogP contribution is 2.43. The average molecular weight is 566 g/mol. The highest BCUT2D eigenvalue weighted by Gasteiger charge is 2.45. The Bertz CT molecular complexity index is 1550. The number of amides is 1. The number of benzene rings is 1. The number of para-hydroxylation sites is 1. The monoisotopic (exact) mass is 565 g/mol. The Morgan fingerprint density at radius 3 is 2.44 bits per heavy atom. The predicted octanol–water partition coefficient (Wildman–Crippen LogP) is 3.63. The van der Waals surface area contributed by atoms with Crippen LogP contribution < -0.4 is 21.5 Å². The normalized spacial score (nSPS) is 19.0. The molecule has 2 aliphatic rings. The Labute approximate surface area is 237 Å². The molecule has 1 unspecified atom stereocenters. The second kappa shape index (κ2) is 10.4. The molecule has 1 aromatic heterocycles. The molecule has 2 aromatic carbocycles. The van der Waals surface area contributed by atoms with Crippen LogP contribution in [0.1, 0.15) is 62.0 Å². The standard InChI is InChI=1S/C30H35N3O8/c1-16-9-10-20(40-16)26(30(5)14-39-15-30)32-22-21(24(35)25(22)36)31-19-8-6-7-18(23(19)34)27(37)33-12-11-17(13-33)28(38)41-29(2,3)4/h6-10,17,26,31-32,34H,11-15H2,1-5H3/t17-,26?/m0/s1. The molecular weight excluding hydrogens is 530 g/mol. The number of rotatable bonds is 8. The molecule has 0 bridgehead atoms. The van der Waals surface area contributed by atoms with Crippen molar-refractivity contribution < 1.29 is 28.6 Å². The summed E-state index contributed by atoms with van der Waals surface area (Å²) in [5.74, 6) is -0.314. The van der Waals surface area contributed by atoms with E-state index in [4.69, 9.17) is 13.9 Å². The molecule has 3 heterocycles. The molecule has 3 aromatic rings. The van der Waals surface area contributed by atoms with Gasteiger partial charge >= 0.3 is 5.97 Å². The Balaban J connectivity index is 1.34. The van der Waals surface area contributed by atoms with Gasteiger partial charge < -0.3 is 34.5 Å². The first kappa shape index (κ1) is 28.4. The third kappa shape index (κ3) is 5.46. The van der Waals surface area contributed by atoms with Crippen LogP contribution in [0.25, 0.3) is 0 Å². The lowest BCUT2D eigenvalue weighted by Gasteiger charge is -2.44. The van der Waals surface area contributed by atoms with Crippen molar-refractivity contribution in [2.24, 2.45) is 11.3 Å². The van der Waals surface area contributed by atoms with E-state index in [9.17, 15) is 24.3 Å². The highest BCUT2D eigenvalue weighted by molar-refractivity contribution is 5.99. The molecule has 0 spiro atoms. The first-order valence-electron chi connectivity index (χ1n) is 13.6. The van der Waals surface area contributed by atoms with Crippen LogP contribution in [0.5, 0.6) is 5.75 Å². The summed E-state index contributed by atoms with van der Waals surface area (Å²) in [6.07, 6.45) is 0.457. The van der Waals surface area contributed by atoms with Gasteiger partial charge in [0.15, 0.2) is 5.75 Å². The van der Waals surface area contributed by atoms with Crippen LogP contribution in [0.4, 0.5) is 17.1 Å². The van der Waals surface area contributed by atoms with Crippen molar-refractivity contribution in [2.45, 2.75) is 52.7 Å². The maximum Gasteiger partial charge on any atom is 0.311 e. The largest absolute Gasteiger partial charge is 0.505 e. The van der Waals surface area contributed by atoms with Gasteiger partial charge in [0, 0.05) is 18.5 Å². The number of carbonyl (C=O) groups is 2. The molecule has 1 amide bonds. The van der Waals surface area contributed by atoms with Gasteiger partial charge in [-0.1, -0.05) is 13.0 Å². The maximum atomic E-state index is 13.3. The van der Waals surface area contributed by atoms with Gasteiger partial charge in [-0.3, -0.25) is 19.2 Å². The van der Waals surface area contributed by atoms with Gasteiger partial charge in [0.1, 0.15) is 28.5 Å². The van der Waals surface area contributed by atoms with Crippen molar-refractivity contribution in [1.29, 1.82) is 0 Å². The number of hydrogen-bond donors (Lipinski definition) is 3. The minimum Gasteiger partial charge on any atom is -0.505 e. The van der Waals surface area contributed by atoms with E-state index in [1.165, 1.54) is 17.0 Å². The smallest absolute Gasteiger partial charge is 0.311 e. The van der Waals surface area contributed by atoms with E-state index in [1.807, 2.05) is 26.0 Å². The van der Waals surface area contributed by atoms with Crippen molar-refractivity contribution in [3.05, 3.63) is 67.9 Å². The van der Waals surface area contributed by atoms with Crippen molar-refractivity contribution in [3.8, 4) is 5.75 Å². The molecule has 2 atom stereocenters. The molecule has 3 N–H and O–H groups in total. The highest BCUT2D eigenvalue weighted by atomic mass is 16.6. The zero-order valence-corrected chi connectivity index (χ0v) is 23.8. The lowest BCUT2D eigenvalue weighted by Crippen LogP contribution is -2.49. The first-order valence-corrected chi connectivity index (χ1v) is 13.6. The van der Waals surface area contributed by atoms with Gasteiger partial charge in [0.2, 0.25) is 0 Å². The van der Waals surface area contributed by atoms with Crippen LogP contribution in [-0.2, 0) is 14.3 Å². The van der Waals surface area contributed by atoms with Crippen LogP contribution in [0, 0.1) is 18.3 Å². The summed E-state index contributed by atoms with van der Waals surface area (Å²) in [6, 6.07) is 7.75. The van der Waals surface area contributed by atoms with Gasteiger partial charge in [-0.2, -0.15) is 0 Å². The number of esters is 1. The summed E-state index contributed by atoms with van der Waals surface area (Å²) in [6.45, 7) is 10.6. The van der Waals surface area contributed by atoms with Gasteiger partial charge in [-0.15, -0.1) is 0 Å². The van der Waals surface area contributed by atoms with E-state index in [2.05, 4.69) is 10.6 Å². The second-order valence-corrected chi connectivity index (χ2v) is 12.2. The lowest BCUT2D eigenvalue weighted by atomic mass is 9.79. The van der Waals surface area contributed by atoms with E-state index >= 15 is 0 Å². The van der Waals surface area contributed by atoms with Crippen molar-refractivity contribution >= 4 is 28.9 Å². The average Bonchev–Trinajstić information content (AvgIpc) is 3.56. The molecule has 5 rings (SSSR count). The number of ether oxygens (including phenoxy) is 2. The zero-order valence-electron chi connectivity index (χ0n) is 23.8. The zero-order chi connectivity index (χ0) is 29.7. The minimum atomic E-state index is -0.743. The quantitative estimate of drug-likeness (QED) is 0.210. The number of carbonyl (C=O) groups excluding carboxylic acids is 2. The molecule has 41 heavy (non-hydrogen) atoms. The van der Waals surface area contributed by atoms with E-state index in [0.29, 0.717) is 37.7 Å². The van der Waals surface area contributed by atoms with Gasteiger partial charge in [-0.05, 0) is 58.4 Å². The Morgan fingerprint density at radius 2 is 1.83 bits per heavy atom. The summed E-state index contributed by atoms with van der Waals surface area (Å²) < 4.78 is 16.7. The number of aromatic hydroxyl groups is 1. The van der Waals surface area contributed by atoms with Crippen LogP contribution in [-0.4, -0.2) is 53.8 Å². The molecule has 2 fully saturated rings. The van der Waals surface area contributed by atoms with E-state index in [0.717, 1.165) is 0 Å². The van der Waals surface area contributed by atoms with Gasteiger partial charge in [0.05, 0.1) is 36.4 Å². The predicted molar refractivity (Wildman–Crippen MR) is 151 cm³/mol. The molecule has 218 valence electrons. The van der Waals surface area contributed by atoms with E-state index in [1.54, 1.807) is 26.8 Å². The molecule has 11 nitrogen and oxygen atoms in total. The number of furan rings is 1. The summed E-state index contributed by atoms with van der Waals surface area (Å²) in [7, 11) is 0. The number of phenolic OH excluding ortho intramolecular Hbond substituents is 1. The third-order valence-electron chi connectivity index (χ3n) is 7.55. The number of aryl methyl sites for hydroxylation is 1. The molecule has 11 heteroatoms. The molecule has 2 saturated heterocycles. The van der Waals surface area contributed by atoms with Crippen molar-refractivity contribution in [1.82, 2.24) is 4.90 Å². The molecule has 0 saturated carbocycles. The lowest BCUT2D eigenvalue weighted by molar-refractivity contribution is -0.159. The number of anilines is 3.